The first kappa shape index (κ1) is 29.4. The van der Waals surface area contributed by atoms with Gasteiger partial charge in [0, 0.05) is 36.9 Å². The molecule has 0 radical (unpaired) electrons. The SMILES string of the molecule is COCCc1nc2c(N)nc3ccccc3c2n1CCCCNSc1c(C(C)C)cc(C(C)C)cc1C(C)C. The summed E-state index contributed by atoms with van der Waals surface area (Å²) in [4.78, 5) is 10.9. The Hall–Kier alpha value is -2.61. The molecule has 2 aromatic heterocycles. The quantitative estimate of drug-likeness (QED) is 0.131. The van der Waals surface area contributed by atoms with Crippen LogP contribution in [0.2, 0.25) is 0 Å². The van der Waals surface area contributed by atoms with Gasteiger partial charge in [-0.25, -0.2) is 9.97 Å². The summed E-state index contributed by atoms with van der Waals surface area (Å²) in [7, 11) is 1.73. The molecule has 0 aliphatic heterocycles. The highest BCUT2D eigenvalue weighted by atomic mass is 32.2. The number of hydrogen-bond acceptors (Lipinski definition) is 6. The lowest BCUT2D eigenvalue weighted by atomic mass is 9.89. The Labute approximate surface area is 238 Å². The molecule has 210 valence electrons. The van der Waals surface area contributed by atoms with Crippen molar-refractivity contribution >= 4 is 39.7 Å². The van der Waals surface area contributed by atoms with Crippen molar-refractivity contribution < 1.29 is 4.74 Å². The van der Waals surface area contributed by atoms with E-state index in [4.69, 9.17) is 15.5 Å². The van der Waals surface area contributed by atoms with Crippen LogP contribution < -0.4 is 10.5 Å². The molecule has 3 N–H and O–H groups in total. The number of methoxy groups -OCH3 is 1. The lowest BCUT2D eigenvalue weighted by molar-refractivity contribution is 0.199. The molecule has 0 fully saturated rings. The number of benzene rings is 2. The van der Waals surface area contributed by atoms with Crippen LogP contribution in [0.25, 0.3) is 21.9 Å². The van der Waals surface area contributed by atoms with Crippen molar-refractivity contribution in [1.29, 1.82) is 0 Å². The van der Waals surface area contributed by atoms with Crippen molar-refractivity contribution in [2.45, 2.75) is 90.0 Å². The van der Waals surface area contributed by atoms with E-state index < -0.39 is 0 Å². The molecule has 4 aromatic rings. The molecule has 2 heterocycles. The molecule has 0 aliphatic carbocycles. The third-order valence-electron chi connectivity index (χ3n) is 7.38. The molecular formula is C32H45N5OS. The van der Waals surface area contributed by atoms with Crippen molar-refractivity contribution in [3.63, 3.8) is 0 Å². The monoisotopic (exact) mass is 547 g/mol. The van der Waals surface area contributed by atoms with Gasteiger partial charge in [-0.1, -0.05) is 71.9 Å². The standard InChI is InChI=1S/C32H45N5OS/c1-20(2)23-18-25(21(3)4)31(26(19-23)22(5)6)39-34-15-10-11-16-37-28(14-17-38-7)36-29-30(37)24-12-8-9-13-27(24)35-32(29)33/h8-9,12-13,18-22,34H,10-11,14-17H2,1-7H3,(H2,33,35). The maximum absolute atomic E-state index is 6.34. The van der Waals surface area contributed by atoms with E-state index in [1.54, 1.807) is 7.11 Å². The van der Waals surface area contributed by atoms with Crippen LogP contribution in [0.1, 0.15) is 94.7 Å². The highest BCUT2D eigenvalue weighted by Crippen LogP contribution is 2.37. The minimum Gasteiger partial charge on any atom is -0.384 e. The highest BCUT2D eigenvalue weighted by molar-refractivity contribution is 7.97. The predicted molar refractivity (Wildman–Crippen MR) is 167 cm³/mol. The summed E-state index contributed by atoms with van der Waals surface area (Å²) in [6.45, 7) is 16.2. The number of unbranched alkanes of at least 4 members (excludes halogenated alkanes) is 1. The van der Waals surface area contributed by atoms with Gasteiger partial charge in [0.25, 0.3) is 0 Å². The van der Waals surface area contributed by atoms with E-state index >= 15 is 0 Å². The molecule has 6 nitrogen and oxygen atoms in total. The molecule has 7 heteroatoms. The third kappa shape index (κ3) is 6.59. The first-order valence-corrected chi connectivity index (χ1v) is 15.1. The lowest BCUT2D eigenvalue weighted by Crippen LogP contribution is -2.12. The zero-order valence-electron chi connectivity index (χ0n) is 24.7. The maximum Gasteiger partial charge on any atom is 0.152 e. The Morgan fingerprint density at radius 1 is 0.949 bits per heavy atom. The molecule has 0 saturated heterocycles. The van der Waals surface area contributed by atoms with Gasteiger partial charge >= 0.3 is 0 Å². The van der Waals surface area contributed by atoms with Gasteiger partial charge in [0.2, 0.25) is 0 Å². The van der Waals surface area contributed by atoms with Crippen LogP contribution in [0.3, 0.4) is 0 Å². The van der Waals surface area contributed by atoms with Gasteiger partial charge < -0.3 is 15.0 Å². The summed E-state index contributed by atoms with van der Waals surface area (Å²) >= 11 is 1.81. The van der Waals surface area contributed by atoms with E-state index in [0.717, 1.165) is 60.1 Å². The molecular weight excluding hydrogens is 502 g/mol. The molecule has 0 aliphatic rings. The van der Waals surface area contributed by atoms with Crippen LogP contribution in [-0.2, 0) is 17.7 Å². The number of ether oxygens (including phenoxy) is 1. The molecule has 4 rings (SSSR count). The fourth-order valence-corrected chi connectivity index (χ4v) is 6.34. The highest BCUT2D eigenvalue weighted by Gasteiger charge is 2.19. The summed E-state index contributed by atoms with van der Waals surface area (Å²) < 4.78 is 11.4. The second kappa shape index (κ2) is 13.2. The van der Waals surface area contributed by atoms with Gasteiger partial charge in [0.1, 0.15) is 11.3 Å². The number of pyridine rings is 1. The number of aromatic nitrogens is 3. The van der Waals surface area contributed by atoms with Crippen molar-refractivity contribution in [1.82, 2.24) is 19.3 Å². The van der Waals surface area contributed by atoms with Crippen molar-refractivity contribution in [2.24, 2.45) is 0 Å². The van der Waals surface area contributed by atoms with Crippen LogP contribution in [0, 0.1) is 0 Å². The second-order valence-electron chi connectivity index (χ2n) is 11.3. The number of imidazole rings is 1. The molecule has 2 aromatic carbocycles. The number of aryl methyl sites for hydroxylation is 1. The topological polar surface area (TPSA) is 78.0 Å². The fourth-order valence-electron chi connectivity index (χ4n) is 5.13. The van der Waals surface area contributed by atoms with E-state index in [1.165, 1.54) is 21.6 Å². The Balaban J connectivity index is 1.48. The van der Waals surface area contributed by atoms with Gasteiger partial charge in [0.05, 0.1) is 17.6 Å². The molecule has 0 bridgehead atoms. The van der Waals surface area contributed by atoms with E-state index in [2.05, 4.69) is 80.1 Å². The first-order chi connectivity index (χ1) is 18.7. The summed E-state index contributed by atoms with van der Waals surface area (Å²) in [5.74, 6) is 3.00. The zero-order chi connectivity index (χ0) is 28.1. The largest absolute Gasteiger partial charge is 0.384 e. The number of nitrogens with zero attached hydrogens (tertiary/aromatic N) is 3. The van der Waals surface area contributed by atoms with Gasteiger partial charge in [0.15, 0.2) is 5.82 Å². The fraction of sp³-hybridized carbons (Fsp3) is 0.500. The molecule has 39 heavy (non-hydrogen) atoms. The molecule has 0 amide bonds. The maximum atomic E-state index is 6.34. The minimum absolute atomic E-state index is 0.488. The van der Waals surface area contributed by atoms with Crippen LogP contribution >= 0.6 is 11.9 Å². The van der Waals surface area contributed by atoms with Crippen molar-refractivity contribution in [3.8, 4) is 0 Å². The Morgan fingerprint density at radius 2 is 1.64 bits per heavy atom. The average molecular weight is 548 g/mol. The van der Waals surface area contributed by atoms with Crippen molar-refractivity contribution in [2.75, 3.05) is 26.0 Å². The Kier molecular flexibility index (Phi) is 9.91. The van der Waals surface area contributed by atoms with Gasteiger partial charge in [-0.05, 0) is 65.3 Å². The summed E-state index contributed by atoms with van der Waals surface area (Å²) in [5.41, 5.74) is 13.5. The molecule has 0 unspecified atom stereocenters. The normalized spacial score (nSPS) is 12.2. The smallest absolute Gasteiger partial charge is 0.152 e. The third-order valence-corrected chi connectivity index (χ3v) is 8.41. The lowest BCUT2D eigenvalue weighted by Gasteiger charge is -2.22. The molecule has 0 saturated carbocycles. The number of nitrogen functional groups attached to an aromatic ring is 1. The van der Waals surface area contributed by atoms with Gasteiger partial charge in [-0.15, -0.1) is 0 Å². The van der Waals surface area contributed by atoms with Crippen LogP contribution in [0.4, 0.5) is 5.82 Å². The zero-order valence-corrected chi connectivity index (χ0v) is 25.5. The number of nitrogens with two attached hydrogens (primary N) is 1. The summed E-state index contributed by atoms with van der Waals surface area (Å²) in [6, 6.07) is 13.0. The summed E-state index contributed by atoms with van der Waals surface area (Å²) in [5, 5.41) is 1.10. The van der Waals surface area contributed by atoms with E-state index in [0.29, 0.717) is 30.2 Å². The molecule has 0 spiro atoms. The number of para-hydroxylation sites is 1. The van der Waals surface area contributed by atoms with Crippen LogP contribution in [0.5, 0.6) is 0 Å². The van der Waals surface area contributed by atoms with Crippen LogP contribution in [0.15, 0.2) is 41.3 Å². The first-order valence-electron chi connectivity index (χ1n) is 14.3. The number of anilines is 1. The van der Waals surface area contributed by atoms with E-state index in [9.17, 15) is 0 Å². The summed E-state index contributed by atoms with van der Waals surface area (Å²) in [6.07, 6.45) is 2.85. The average Bonchev–Trinajstić information content (AvgIpc) is 3.28. The molecule has 0 atom stereocenters. The van der Waals surface area contributed by atoms with Gasteiger partial charge in [-0.2, -0.15) is 0 Å². The Bertz CT molecular complexity index is 1380. The van der Waals surface area contributed by atoms with Gasteiger partial charge in [-0.3, -0.25) is 4.72 Å². The number of hydrogen-bond donors (Lipinski definition) is 2. The van der Waals surface area contributed by atoms with E-state index in [1.807, 2.05) is 24.1 Å². The van der Waals surface area contributed by atoms with Crippen molar-refractivity contribution in [3.05, 3.63) is 58.9 Å². The number of nitrogens with one attached hydrogen (secondary N) is 1. The second-order valence-corrected chi connectivity index (χ2v) is 12.2. The predicted octanol–water partition coefficient (Wildman–Crippen LogP) is 7.80. The number of fused-ring (bicyclic) bond motifs is 3. The van der Waals surface area contributed by atoms with Crippen LogP contribution in [-0.4, -0.2) is 34.8 Å². The van der Waals surface area contributed by atoms with E-state index in [-0.39, 0.29) is 0 Å². The Morgan fingerprint density at radius 3 is 2.28 bits per heavy atom. The minimum atomic E-state index is 0.488. The number of rotatable bonds is 13.